The van der Waals surface area contributed by atoms with Crippen LogP contribution in [-0.4, -0.2) is 18.6 Å². The molecule has 0 aliphatic carbocycles. The lowest BCUT2D eigenvalue weighted by atomic mass is 10.1. The van der Waals surface area contributed by atoms with Gasteiger partial charge < -0.3 is 10.1 Å². The molecule has 0 aromatic heterocycles. The summed E-state index contributed by atoms with van der Waals surface area (Å²) in [4.78, 5) is 11.9. The third-order valence-corrected chi connectivity index (χ3v) is 3.24. The van der Waals surface area contributed by atoms with Crippen LogP contribution in [0, 0.1) is 0 Å². The fourth-order valence-electron chi connectivity index (χ4n) is 2.26. The van der Waals surface area contributed by atoms with Gasteiger partial charge >= 0.3 is 5.97 Å². The van der Waals surface area contributed by atoms with Crippen molar-refractivity contribution in [2.75, 3.05) is 11.9 Å². The lowest BCUT2D eigenvalue weighted by Gasteiger charge is -2.18. The molecule has 0 bridgehead atoms. The van der Waals surface area contributed by atoms with E-state index in [2.05, 4.69) is 36.5 Å². The number of benzene rings is 2. The summed E-state index contributed by atoms with van der Waals surface area (Å²) in [6, 6.07) is 14.0. The second-order valence-corrected chi connectivity index (χ2v) is 4.80. The molecule has 2 aromatic rings. The number of fused-ring (bicyclic) bond motifs is 1. The predicted octanol–water partition coefficient (Wildman–Crippen LogP) is 3.98. The number of carbonyl (C=O) groups is 1. The molecule has 20 heavy (non-hydrogen) atoms. The van der Waals surface area contributed by atoms with Crippen molar-refractivity contribution in [2.45, 2.75) is 32.7 Å². The lowest BCUT2D eigenvalue weighted by molar-refractivity contribution is -0.144. The SMILES string of the molecule is CCCC(Nc1ccc2ccccc2c1)C(=O)OCC. The van der Waals surface area contributed by atoms with Crippen molar-refractivity contribution in [1.82, 2.24) is 0 Å². The second kappa shape index (κ2) is 6.94. The second-order valence-electron chi connectivity index (χ2n) is 4.80. The van der Waals surface area contributed by atoms with Crippen LogP contribution in [0.2, 0.25) is 0 Å². The summed E-state index contributed by atoms with van der Waals surface area (Å²) < 4.78 is 5.11. The van der Waals surface area contributed by atoms with Gasteiger partial charge in [0.1, 0.15) is 6.04 Å². The average Bonchev–Trinajstić information content (AvgIpc) is 2.47. The third kappa shape index (κ3) is 3.50. The van der Waals surface area contributed by atoms with Crippen LogP contribution < -0.4 is 5.32 Å². The topological polar surface area (TPSA) is 38.3 Å². The van der Waals surface area contributed by atoms with Gasteiger partial charge in [0.05, 0.1) is 6.61 Å². The molecule has 106 valence electrons. The van der Waals surface area contributed by atoms with E-state index in [9.17, 15) is 4.79 Å². The van der Waals surface area contributed by atoms with Crippen molar-refractivity contribution >= 4 is 22.4 Å². The number of rotatable bonds is 6. The summed E-state index contributed by atoms with van der Waals surface area (Å²) >= 11 is 0. The Kier molecular flexibility index (Phi) is 4.99. The van der Waals surface area contributed by atoms with Crippen LogP contribution in [-0.2, 0) is 9.53 Å². The normalized spacial score (nSPS) is 12.1. The molecule has 0 amide bonds. The summed E-state index contributed by atoms with van der Waals surface area (Å²) in [5, 5.41) is 5.64. The van der Waals surface area contributed by atoms with Crippen molar-refractivity contribution in [1.29, 1.82) is 0 Å². The maximum absolute atomic E-state index is 11.9. The lowest BCUT2D eigenvalue weighted by Crippen LogP contribution is -2.31. The van der Waals surface area contributed by atoms with Crippen LogP contribution >= 0.6 is 0 Å². The van der Waals surface area contributed by atoms with E-state index in [1.165, 1.54) is 5.39 Å². The summed E-state index contributed by atoms with van der Waals surface area (Å²) in [6.45, 7) is 4.31. The van der Waals surface area contributed by atoms with Crippen LogP contribution in [0.1, 0.15) is 26.7 Å². The van der Waals surface area contributed by atoms with Gasteiger partial charge in [-0.05, 0) is 36.2 Å². The maximum atomic E-state index is 11.9. The Morgan fingerprint density at radius 2 is 1.90 bits per heavy atom. The molecule has 1 atom stereocenters. The van der Waals surface area contributed by atoms with Crippen LogP contribution in [0.25, 0.3) is 10.8 Å². The van der Waals surface area contributed by atoms with Gasteiger partial charge in [0.25, 0.3) is 0 Å². The van der Waals surface area contributed by atoms with Crippen molar-refractivity contribution in [2.24, 2.45) is 0 Å². The zero-order chi connectivity index (χ0) is 14.4. The van der Waals surface area contributed by atoms with Gasteiger partial charge in [-0.15, -0.1) is 0 Å². The average molecular weight is 271 g/mol. The van der Waals surface area contributed by atoms with E-state index in [-0.39, 0.29) is 12.0 Å². The monoisotopic (exact) mass is 271 g/mol. The first-order valence-electron chi connectivity index (χ1n) is 7.16. The summed E-state index contributed by atoms with van der Waals surface area (Å²) in [5.41, 5.74) is 0.954. The number of esters is 1. The summed E-state index contributed by atoms with van der Waals surface area (Å²) in [5.74, 6) is -0.178. The van der Waals surface area contributed by atoms with Gasteiger partial charge in [-0.25, -0.2) is 4.79 Å². The van der Waals surface area contributed by atoms with E-state index in [1.54, 1.807) is 0 Å². The molecule has 0 aliphatic heterocycles. The molecule has 1 unspecified atom stereocenters. The van der Waals surface area contributed by atoms with Gasteiger partial charge in [-0.2, -0.15) is 0 Å². The molecule has 2 aromatic carbocycles. The first-order valence-corrected chi connectivity index (χ1v) is 7.16. The number of anilines is 1. The molecule has 2 rings (SSSR count). The van der Waals surface area contributed by atoms with Gasteiger partial charge in [0.15, 0.2) is 0 Å². The van der Waals surface area contributed by atoms with E-state index >= 15 is 0 Å². The van der Waals surface area contributed by atoms with Crippen LogP contribution in [0.3, 0.4) is 0 Å². The maximum Gasteiger partial charge on any atom is 0.328 e. The van der Waals surface area contributed by atoms with E-state index < -0.39 is 0 Å². The van der Waals surface area contributed by atoms with Gasteiger partial charge in [-0.1, -0.05) is 43.7 Å². The fourth-order valence-corrected chi connectivity index (χ4v) is 2.26. The van der Waals surface area contributed by atoms with Crippen molar-refractivity contribution < 1.29 is 9.53 Å². The quantitative estimate of drug-likeness (QED) is 0.807. The Balaban J connectivity index is 2.17. The molecule has 3 nitrogen and oxygen atoms in total. The molecule has 0 fully saturated rings. The van der Waals surface area contributed by atoms with Crippen LogP contribution in [0.15, 0.2) is 42.5 Å². The molecular weight excluding hydrogens is 250 g/mol. The number of hydrogen-bond donors (Lipinski definition) is 1. The minimum Gasteiger partial charge on any atom is -0.464 e. The van der Waals surface area contributed by atoms with E-state index in [1.807, 2.05) is 25.1 Å². The standard InChI is InChI=1S/C17H21NO2/c1-3-7-16(17(19)20-4-2)18-15-11-10-13-8-5-6-9-14(13)12-15/h5-6,8-12,16,18H,3-4,7H2,1-2H3. The Morgan fingerprint density at radius 1 is 1.15 bits per heavy atom. The Labute approximate surface area is 119 Å². The first-order chi connectivity index (χ1) is 9.74. The van der Waals surface area contributed by atoms with Crippen molar-refractivity contribution in [3.63, 3.8) is 0 Å². The van der Waals surface area contributed by atoms with E-state index in [0.717, 1.165) is 23.9 Å². The minimum atomic E-state index is -0.277. The predicted molar refractivity (Wildman–Crippen MR) is 82.9 cm³/mol. The summed E-state index contributed by atoms with van der Waals surface area (Å²) in [7, 11) is 0. The Bertz CT molecular complexity index is 580. The van der Waals surface area contributed by atoms with Gasteiger partial charge in [-0.3, -0.25) is 0 Å². The van der Waals surface area contributed by atoms with E-state index in [0.29, 0.717) is 6.61 Å². The minimum absolute atomic E-state index is 0.178. The molecule has 0 saturated carbocycles. The smallest absolute Gasteiger partial charge is 0.328 e. The van der Waals surface area contributed by atoms with Crippen LogP contribution in [0.4, 0.5) is 5.69 Å². The molecule has 1 N–H and O–H groups in total. The Morgan fingerprint density at radius 3 is 2.60 bits per heavy atom. The Hall–Kier alpha value is -2.03. The number of hydrogen-bond acceptors (Lipinski definition) is 3. The number of carbonyl (C=O) groups excluding carboxylic acids is 1. The zero-order valence-corrected chi connectivity index (χ0v) is 12.1. The summed E-state index contributed by atoms with van der Waals surface area (Å²) in [6.07, 6.45) is 1.70. The highest BCUT2D eigenvalue weighted by Gasteiger charge is 2.18. The molecule has 0 spiro atoms. The first kappa shape index (κ1) is 14.4. The van der Waals surface area contributed by atoms with E-state index in [4.69, 9.17) is 4.74 Å². The fraction of sp³-hybridized carbons (Fsp3) is 0.353. The van der Waals surface area contributed by atoms with Crippen molar-refractivity contribution in [3.8, 4) is 0 Å². The molecule has 0 aliphatic rings. The largest absolute Gasteiger partial charge is 0.464 e. The molecule has 0 radical (unpaired) electrons. The van der Waals surface area contributed by atoms with Crippen LogP contribution in [0.5, 0.6) is 0 Å². The van der Waals surface area contributed by atoms with Crippen molar-refractivity contribution in [3.05, 3.63) is 42.5 Å². The van der Waals surface area contributed by atoms with Gasteiger partial charge in [0.2, 0.25) is 0 Å². The number of nitrogens with one attached hydrogen (secondary N) is 1. The number of ether oxygens (including phenoxy) is 1. The zero-order valence-electron chi connectivity index (χ0n) is 12.1. The van der Waals surface area contributed by atoms with Gasteiger partial charge in [0, 0.05) is 5.69 Å². The molecule has 0 saturated heterocycles. The highest BCUT2D eigenvalue weighted by Crippen LogP contribution is 2.20. The third-order valence-electron chi connectivity index (χ3n) is 3.24. The highest BCUT2D eigenvalue weighted by atomic mass is 16.5. The molecule has 0 heterocycles. The molecular formula is C17H21NO2. The highest BCUT2D eigenvalue weighted by molar-refractivity contribution is 5.87. The molecule has 3 heteroatoms.